The number of carbonyl (C=O) groups is 1. The average molecular weight is 264 g/mol. The molecule has 0 saturated carbocycles. The fraction of sp³-hybridized carbons (Fsp3) is 0.118. The first kappa shape index (κ1) is 12.5. The van der Waals surface area contributed by atoms with Gasteiger partial charge in [0.2, 0.25) is 5.91 Å². The minimum atomic E-state index is -0.300. The summed E-state index contributed by atoms with van der Waals surface area (Å²) in [6, 6.07) is 18.4. The topological polar surface area (TPSA) is 48.0 Å². The lowest BCUT2D eigenvalue weighted by atomic mass is 10.1. The second-order valence-corrected chi connectivity index (χ2v) is 4.97. The molecule has 100 valence electrons. The Morgan fingerprint density at radius 2 is 1.80 bits per heavy atom. The third-order valence-electron chi connectivity index (χ3n) is 3.41. The van der Waals surface area contributed by atoms with Gasteiger partial charge in [-0.15, -0.1) is 0 Å². The number of nitrogens with two attached hydrogens (primary N) is 1. The van der Waals surface area contributed by atoms with Gasteiger partial charge in [0.1, 0.15) is 0 Å². The summed E-state index contributed by atoms with van der Waals surface area (Å²) in [5.74, 6) is -0.300. The Balaban J connectivity index is 1.96. The molecule has 0 aliphatic carbocycles. The summed E-state index contributed by atoms with van der Waals surface area (Å²) in [5.41, 5.74) is 8.60. The maximum Gasteiger partial charge on any atom is 0.221 e. The highest BCUT2D eigenvalue weighted by Crippen LogP contribution is 2.19. The molecule has 0 aliphatic heterocycles. The number of benzene rings is 2. The molecule has 0 unspecified atom stereocenters. The normalized spacial score (nSPS) is 10.8. The van der Waals surface area contributed by atoms with Crippen molar-refractivity contribution >= 4 is 16.8 Å². The number of nitrogens with zero attached hydrogens (tertiary/aromatic N) is 1. The molecule has 0 aliphatic rings. The van der Waals surface area contributed by atoms with Crippen molar-refractivity contribution in [1.29, 1.82) is 0 Å². The van der Waals surface area contributed by atoms with E-state index in [0.717, 1.165) is 17.6 Å². The second kappa shape index (κ2) is 5.21. The summed E-state index contributed by atoms with van der Waals surface area (Å²) in [4.78, 5) is 11.0. The lowest BCUT2D eigenvalue weighted by Crippen LogP contribution is -2.13. The van der Waals surface area contributed by atoms with E-state index in [0.29, 0.717) is 0 Å². The zero-order valence-electron chi connectivity index (χ0n) is 11.1. The van der Waals surface area contributed by atoms with Crippen LogP contribution in [-0.2, 0) is 17.8 Å². The Bertz CT molecular complexity index is 744. The van der Waals surface area contributed by atoms with Gasteiger partial charge in [-0.2, -0.15) is 0 Å². The van der Waals surface area contributed by atoms with Gasteiger partial charge in [0.15, 0.2) is 0 Å². The first-order valence-electron chi connectivity index (χ1n) is 6.62. The summed E-state index contributed by atoms with van der Waals surface area (Å²) in [6.07, 6.45) is 2.36. The summed E-state index contributed by atoms with van der Waals surface area (Å²) in [5, 5.41) is 1.18. The van der Waals surface area contributed by atoms with Crippen molar-refractivity contribution in [2.75, 3.05) is 0 Å². The predicted octanol–water partition coefficient (Wildman–Crippen LogP) is 2.72. The number of aromatic nitrogens is 1. The number of hydrogen-bond acceptors (Lipinski definition) is 1. The minimum absolute atomic E-state index is 0.284. The predicted molar refractivity (Wildman–Crippen MR) is 80.4 cm³/mol. The highest BCUT2D eigenvalue weighted by Gasteiger charge is 2.05. The van der Waals surface area contributed by atoms with Crippen LogP contribution in [0.4, 0.5) is 0 Å². The SMILES string of the molecule is NC(=O)Cc1ccc2ccn(Cc3ccccc3)c2c1. The van der Waals surface area contributed by atoms with Crippen LogP contribution in [-0.4, -0.2) is 10.5 Å². The van der Waals surface area contributed by atoms with E-state index < -0.39 is 0 Å². The lowest BCUT2D eigenvalue weighted by Gasteiger charge is -2.07. The number of rotatable bonds is 4. The molecule has 20 heavy (non-hydrogen) atoms. The van der Waals surface area contributed by atoms with Gasteiger partial charge in [-0.05, 0) is 28.6 Å². The van der Waals surface area contributed by atoms with E-state index in [1.165, 1.54) is 10.9 Å². The maximum atomic E-state index is 11.0. The fourth-order valence-corrected chi connectivity index (χ4v) is 2.46. The maximum absolute atomic E-state index is 11.0. The van der Waals surface area contributed by atoms with Crippen LogP contribution in [0.3, 0.4) is 0 Å². The van der Waals surface area contributed by atoms with Crippen molar-refractivity contribution in [3.63, 3.8) is 0 Å². The zero-order valence-corrected chi connectivity index (χ0v) is 11.1. The van der Waals surface area contributed by atoms with Crippen molar-refractivity contribution in [1.82, 2.24) is 4.57 Å². The molecule has 3 aromatic rings. The van der Waals surface area contributed by atoms with Crippen molar-refractivity contribution in [2.45, 2.75) is 13.0 Å². The molecule has 1 aromatic heterocycles. The monoisotopic (exact) mass is 264 g/mol. The van der Waals surface area contributed by atoms with E-state index in [4.69, 9.17) is 5.73 Å². The Morgan fingerprint density at radius 1 is 1.00 bits per heavy atom. The van der Waals surface area contributed by atoms with Crippen molar-refractivity contribution < 1.29 is 4.79 Å². The molecule has 1 heterocycles. The molecule has 1 amide bonds. The third-order valence-corrected chi connectivity index (χ3v) is 3.41. The molecule has 0 saturated heterocycles. The number of primary amides is 1. The summed E-state index contributed by atoms with van der Waals surface area (Å²) in [6.45, 7) is 0.824. The van der Waals surface area contributed by atoms with Gasteiger partial charge in [0, 0.05) is 18.3 Å². The summed E-state index contributed by atoms with van der Waals surface area (Å²) < 4.78 is 2.19. The molecule has 0 fully saturated rings. The quantitative estimate of drug-likeness (QED) is 0.774. The first-order chi connectivity index (χ1) is 9.72. The lowest BCUT2D eigenvalue weighted by molar-refractivity contribution is -0.117. The molecular weight excluding hydrogens is 248 g/mol. The molecule has 2 N–H and O–H groups in total. The molecule has 0 bridgehead atoms. The molecule has 0 spiro atoms. The van der Waals surface area contributed by atoms with Gasteiger partial charge in [0.05, 0.1) is 6.42 Å². The summed E-state index contributed by atoms with van der Waals surface area (Å²) in [7, 11) is 0. The van der Waals surface area contributed by atoms with Crippen LogP contribution in [0.5, 0.6) is 0 Å². The molecule has 0 radical (unpaired) electrons. The highest BCUT2D eigenvalue weighted by atomic mass is 16.1. The van der Waals surface area contributed by atoms with Gasteiger partial charge in [-0.1, -0.05) is 42.5 Å². The fourth-order valence-electron chi connectivity index (χ4n) is 2.46. The Morgan fingerprint density at radius 3 is 2.55 bits per heavy atom. The van der Waals surface area contributed by atoms with Crippen LogP contribution in [0.1, 0.15) is 11.1 Å². The van der Waals surface area contributed by atoms with Gasteiger partial charge in [-0.25, -0.2) is 0 Å². The molecule has 3 heteroatoms. The van der Waals surface area contributed by atoms with E-state index in [-0.39, 0.29) is 12.3 Å². The van der Waals surface area contributed by atoms with E-state index in [1.54, 1.807) is 0 Å². The Kier molecular flexibility index (Phi) is 3.25. The van der Waals surface area contributed by atoms with Crippen LogP contribution >= 0.6 is 0 Å². The Labute approximate surface area is 117 Å². The zero-order chi connectivity index (χ0) is 13.9. The number of amides is 1. The largest absolute Gasteiger partial charge is 0.369 e. The van der Waals surface area contributed by atoms with Gasteiger partial charge in [-0.3, -0.25) is 4.79 Å². The number of hydrogen-bond donors (Lipinski definition) is 1. The van der Waals surface area contributed by atoms with Crippen molar-refractivity contribution in [3.05, 3.63) is 71.9 Å². The molecule has 0 atom stereocenters. The van der Waals surface area contributed by atoms with Crippen LogP contribution in [0, 0.1) is 0 Å². The highest BCUT2D eigenvalue weighted by molar-refractivity contribution is 5.83. The Hall–Kier alpha value is -2.55. The average Bonchev–Trinajstić information content (AvgIpc) is 2.82. The van der Waals surface area contributed by atoms with Gasteiger partial charge < -0.3 is 10.3 Å². The molecule has 3 rings (SSSR count). The van der Waals surface area contributed by atoms with Crippen LogP contribution in [0.15, 0.2) is 60.8 Å². The van der Waals surface area contributed by atoms with Crippen molar-refractivity contribution in [2.24, 2.45) is 5.73 Å². The molecule has 2 aromatic carbocycles. The van der Waals surface area contributed by atoms with Gasteiger partial charge in [0.25, 0.3) is 0 Å². The second-order valence-electron chi connectivity index (χ2n) is 4.97. The number of fused-ring (bicyclic) bond motifs is 1. The molecular formula is C17H16N2O. The smallest absolute Gasteiger partial charge is 0.221 e. The van der Waals surface area contributed by atoms with E-state index in [9.17, 15) is 4.79 Å². The van der Waals surface area contributed by atoms with E-state index in [1.807, 2.05) is 36.4 Å². The van der Waals surface area contributed by atoms with Crippen LogP contribution < -0.4 is 5.73 Å². The number of carbonyl (C=O) groups excluding carboxylic acids is 1. The minimum Gasteiger partial charge on any atom is -0.369 e. The standard InChI is InChI=1S/C17H16N2O/c18-17(20)11-14-6-7-15-8-9-19(16(15)10-14)12-13-4-2-1-3-5-13/h1-10H,11-12H2,(H2,18,20). The van der Waals surface area contributed by atoms with Crippen LogP contribution in [0.25, 0.3) is 10.9 Å². The third kappa shape index (κ3) is 2.57. The van der Waals surface area contributed by atoms with Crippen LogP contribution in [0.2, 0.25) is 0 Å². The molecule has 3 nitrogen and oxygen atoms in total. The summed E-state index contributed by atoms with van der Waals surface area (Å²) >= 11 is 0. The first-order valence-corrected chi connectivity index (χ1v) is 6.62. The van der Waals surface area contributed by atoms with E-state index >= 15 is 0 Å². The van der Waals surface area contributed by atoms with Crippen molar-refractivity contribution in [3.8, 4) is 0 Å². The van der Waals surface area contributed by atoms with Gasteiger partial charge >= 0.3 is 0 Å². The van der Waals surface area contributed by atoms with E-state index in [2.05, 4.69) is 29.0 Å².